The van der Waals surface area contributed by atoms with Gasteiger partial charge in [0, 0.05) is 5.69 Å². The summed E-state index contributed by atoms with van der Waals surface area (Å²) >= 11 is 0. The topological polar surface area (TPSA) is 92.8 Å². The Morgan fingerprint density at radius 3 is 2.25 bits per heavy atom. The second kappa shape index (κ2) is 8.43. The van der Waals surface area contributed by atoms with Crippen LogP contribution in [0.15, 0.2) is 66.7 Å². The molecule has 0 fully saturated rings. The second-order valence-corrected chi connectivity index (χ2v) is 7.17. The molecule has 1 aliphatic heterocycles. The fraction of sp³-hybridized carbons (Fsp3) is 0.0833. The number of carbonyl (C=O) groups excluding carboxylic acids is 4. The maximum Gasteiger partial charge on any atom is 0.338 e. The summed E-state index contributed by atoms with van der Waals surface area (Å²) in [5.74, 6) is -3.04. The number of hydrogen-bond donors (Lipinski definition) is 1. The molecule has 3 aromatic rings. The third-order valence-corrected chi connectivity index (χ3v) is 4.88. The number of benzene rings is 3. The molecule has 0 aromatic heterocycles. The third kappa shape index (κ3) is 4.11. The minimum absolute atomic E-state index is 0.0222. The van der Waals surface area contributed by atoms with Crippen molar-refractivity contribution in [2.45, 2.75) is 6.92 Å². The zero-order chi connectivity index (χ0) is 22.8. The van der Waals surface area contributed by atoms with E-state index in [9.17, 15) is 23.6 Å². The highest BCUT2D eigenvalue weighted by Gasteiger charge is 2.37. The number of amides is 3. The maximum absolute atomic E-state index is 13.2. The number of hydrogen-bond acceptors (Lipinski definition) is 5. The highest BCUT2D eigenvalue weighted by molar-refractivity contribution is 6.34. The van der Waals surface area contributed by atoms with Crippen molar-refractivity contribution in [3.63, 3.8) is 0 Å². The number of imide groups is 1. The zero-order valence-corrected chi connectivity index (χ0v) is 16.9. The van der Waals surface area contributed by atoms with E-state index < -0.39 is 36.1 Å². The van der Waals surface area contributed by atoms with Crippen molar-refractivity contribution in [3.8, 4) is 0 Å². The lowest BCUT2D eigenvalue weighted by Crippen LogP contribution is -2.29. The molecule has 8 heteroatoms. The SMILES string of the molecule is Cc1ccc(NC(=O)COC(=O)c2ccc3c(c2)C(=O)N(c2ccc(F)cc2)C3=O)cc1. The Hall–Kier alpha value is -4.33. The van der Waals surface area contributed by atoms with Crippen LogP contribution in [0.2, 0.25) is 0 Å². The van der Waals surface area contributed by atoms with Gasteiger partial charge in [-0.05, 0) is 61.5 Å². The number of esters is 1. The van der Waals surface area contributed by atoms with Crippen molar-refractivity contribution in [3.05, 3.63) is 94.8 Å². The smallest absolute Gasteiger partial charge is 0.338 e. The largest absolute Gasteiger partial charge is 0.452 e. The number of rotatable bonds is 5. The summed E-state index contributed by atoms with van der Waals surface area (Å²) < 4.78 is 18.2. The van der Waals surface area contributed by atoms with Gasteiger partial charge in [-0.2, -0.15) is 0 Å². The molecule has 0 saturated carbocycles. The van der Waals surface area contributed by atoms with Crippen LogP contribution in [0.1, 0.15) is 36.6 Å². The first-order chi connectivity index (χ1) is 15.3. The summed E-state index contributed by atoms with van der Waals surface area (Å²) in [6.45, 7) is 1.40. The van der Waals surface area contributed by atoms with Crippen molar-refractivity contribution in [2.24, 2.45) is 0 Å². The lowest BCUT2D eigenvalue weighted by atomic mass is 10.1. The van der Waals surface area contributed by atoms with Gasteiger partial charge >= 0.3 is 5.97 Å². The third-order valence-electron chi connectivity index (χ3n) is 4.88. The Balaban J connectivity index is 1.44. The van der Waals surface area contributed by atoms with E-state index in [4.69, 9.17) is 4.74 Å². The van der Waals surface area contributed by atoms with Gasteiger partial charge in [-0.25, -0.2) is 14.1 Å². The molecule has 0 aliphatic carbocycles. The average Bonchev–Trinajstić information content (AvgIpc) is 3.04. The van der Waals surface area contributed by atoms with E-state index in [1.807, 2.05) is 19.1 Å². The molecule has 7 nitrogen and oxygen atoms in total. The fourth-order valence-corrected chi connectivity index (χ4v) is 3.24. The van der Waals surface area contributed by atoms with Crippen LogP contribution >= 0.6 is 0 Å². The Morgan fingerprint density at radius 2 is 1.56 bits per heavy atom. The molecule has 1 N–H and O–H groups in total. The van der Waals surface area contributed by atoms with E-state index in [0.717, 1.165) is 22.6 Å². The summed E-state index contributed by atoms with van der Waals surface area (Å²) in [7, 11) is 0. The van der Waals surface area contributed by atoms with E-state index in [0.29, 0.717) is 5.69 Å². The van der Waals surface area contributed by atoms with Crippen molar-refractivity contribution in [1.82, 2.24) is 0 Å². The lowest BCUT2D eigenvalue weighted by Gasteiger charge is -2.13. The first-order valence-electron chi connectivity index (χ1n) is 9.65. The summed E-state index contributed by atoms with van der Waals surface area (Å²) in [4.78, 5) is 50.7. The number of carbonyl (C=O) groups is 4. The number of ether oxygens (including phenoxy) is 1. The van der Waals surface area contributed by atoms with Crippen LogP contribution in [0.3, 0.4) is 0 Å². The standard InChI is InChI=1S/C24H17FN2O5/c1-14-2-7-17(8-3-14)26-21(28)13-32-24(31)15-4-11-19-20(12-15)23(30)27(22(19)29)18-9-5-16(25)6-10-18/h2-12H,13H2,1H3,(H,26,28). The lowest BCUT2D eigenvalue weighted by molar-refractivity contribution is -0.119. The molecule has 3 amide bonds. The molecule has 0 bridgehead atoms. The number of nitrogens with zero attached hydrogens (tertiary/aromatic N) is 1. The molecule has 0 unspecified atom stereocenters. The van der Waals surface area contributed by atoms with Gasteiger partial charge in [-0.15, -0.1) is 0 Å². The van der Waals surface area contributed by atoms with Crippen LogP contribution in [0.5, 0.6) is 0 Å². The highest BCUT2D eigenvalue weighted by Crippen LogP contribution is 2.29. The molecular formula is C24H17FN2O5. The normalized spacial score (nSPS) is 12.5. The molecular weight excluding hydrogens is 415 g/mol. The fourth-order valence-electron chi connectivity index (χ4n) is 3.24. The minimum atomic E-state index is -0.813. The molecule has 1 heterocycles. The van der Waals surface area contributed by atoms with Gasteiger partial charge in [-0.1, -0.05) is 17.7 Å². The average molecular weight is 432 g/mol. The Labute approximate surface area is 182 Å². The maximum atomic E-state index is 13.2. The Bertz CT molecular complexity index is 1240. The molecule has 4 rings (SSSR count). The van der Waals surface area contributed by atoms with Gasteiger partial charge in [0.2, 0.25) is 0 Å². The predicted molar refractivity (Wildman–Crippen MR) is 114 cm³/mol. The monoisotopic (exact) mass is 432 g/mol. The summed E-state index contributed by atoms with van der Waals surface area (Å²) in [6, 6.07) is 16.0. The summed E-state index contributed by atoms with van der Waals surface area (Å²) in [6.07, 6.45) is 0. The van der Waals surface area contributed by atoms with Crippen LogP contribution in [-0.2, 0) is 9.53 Å². The number of aryl methyl sites for hydroxylation is 1. The van der Waals surface area contributed by atoms with Crippen LogP contribution in [0.25, 0.3) is 0 Å². The van der Waals surface area contributed by atoms with Gasteiger partial charge in [0.15, 0.2) is 6.61 Å². The number of anilines is 2. The minimum Gasteiger partial charge on any atom is -0.452 e. The van der Waals surface area contributed by atoms with Gasteiger partial charge in [0.25, 0.3) is 17.7 Å². The predicted octanol–water partition coefficient (Wildman–Crippen LogP) is 3.73. The molecule has 0 spiro atoms. The molecule has 0 atom stereocenters. The number of halogens is 1. The van der Waals surface area contributed by atoms with Gasteiger partial charge in [0.05, 0.1) is 22.4 Å². The quantitative estimate of drug-likeness (QED) is 0.490. The van der Waals surface area contributed by atoms with E-state index >= 15 is 0 Å². The van der Waals surface area contributed by atoms with Gasteiger partial charge in [-0.3, -0.25) is 14.4 Å². The molecule has 0 radical (unpaired) electrons. The van der Waals surface area contributed by atoms with Crippen molar-refractivity contribution in [1.29, 1.82) is 0 Å². The first kappa shape index (κ1) is 20.9. The van der Waals surface area contributed by atoms with E-state index in [1.165, 1.54) is 30.3 Å². The van der Waals surface area contributed by atoms with Crippen LogP contribution in [0.4, 0.5) is 15.8 Å². The molecule has 32 heavy (non-hydrogen) atoms. The van der Waals surface area contributed by atoms with E-state index in [2.05, 4.69) is 5.32 Å². The van der Waals surface area contributed by atoms with E-state index in [1.54, 1.807) is 12.1 Å². The van der Waals surface area contributed by atoms with E-state index in [-0.39, 0.29) is 22.4 Å². The Kier molecular flexibility index (Phi) is 5.51. The molecule has 160 valence electrons. The van der Waals surface area contributed by atoms with Gasteiger partial charge in [0.1, 0.15) is 5.82 Å². The summed E-state index contributed by atoms with van der Waals surface area (Å²) in [5, 5.41) is 2.61. The summed E-state index contributed by atoms with van der Waals surface area (Å²) in [5.41, 5.74) is 1.99. The number of nitrogens with one attached hydrogen (secondary N) is 1. The Morgan fingerprint density at radius 1 is 0.906 bits per heavy atom. The molecule has 0 saturated heterocycles. The van der Waals surface area contributed by atoms with Crippen LogP contribution in [0, 0.1) is 12.7 Å². The molecule has 1 aliphatic rings. The first-order valence-corrected chi connectivity index (χ1v) is 9.65. The highest BCUT2D eigenvalue weighted by atomic mass is 19.1. The van der Waals surface area contributed by atoms with Crippen molar-refractivity contribution in [2.75, 3.05) is 16.8 Å². The van der Waals surface area contributed by atoms with Gasteiger partial charge < -0.3 is 10.1 Å². The zero-order valence-electron chi connectivity index (χ0n) is 16.9. The molecule has 3 aromatic carbocycles. The van der Waals surface area contributed by atoms with Crippen molar-refractivity contribution < 1.29 is 28.3 Å². The second-order valence-electron chi connectivity index (χ2n) is 7.17. The van der Waals surface area contributed by atoms with Crippen LogP contribution in [-0.4, -0.2) is 30.3 Å². The number of fused-ring (bicyclic) bond motifs is 1. The van der Waals surface area contributed by atoms with Crippen molar-refractivity contribution >= 4 is 35.1 Å². The van der Waals surface area contributed by atoms with Crippen LogP contribution < -0.4 is 10.2 Å².